The average Bonchev–Trinajstić information content (AvgIpc) is 3.14. The van der Waals surface area contributed by atoms with Gasteiger partial charge in [-0.2, -0.15) is 4.98 Å². The normalized spacial score (nSPS) is 19.5. The highest BCUT2D eigenvalue weighted by atomic mass is 16.5. The molecule has 0 N–H and O–H groups in total. The van der Waals surface area contributed by atoms with E-state index < -0.39 is 0 Å². The number of nitrogens with zero attached hydrogens (tertiary/aromatic N) is 7. The van der Waals surface area contributed by atoms with Gasteiger partial charge in [0.15, 0.2) is 17.5 Å². The van der Waals surface area contributed by atoms with Crippen LogP contribution in [0, 0.1) is 18.8 Å². The molecule has 3 aromatic heterocycles. The zero-order valence-electron chi connectivity index (χ0n) is 17.0. The quantitative estimate of drug-likeness (QED) is 0.514. The number of aryl methyl sites for hydroxylation is 2. The third kappa shape index (κ3) is 3.58. The predicted octanol–water partition coefficient (Wildman–Crippen LogP) is 2.01. The van der Waals surface area contributed by atoms with Gasteiger partial charge >= 0.3 is 0 Å². The summed E-state index contributed by atoms with van der Waals surface area (Å²) in [6.45, 7) is 4.94. The van der Waals surface area contributed by atoms with Crippen molar-refractivity contribution in [1.29, 1.82) is 0 Å². The molecule has 2 unspecified atom stereocenters. The van der Waals surface area contributed by atoms with E-state index in [0.717, 1.165) is 11.8 Å². The second-order valence-corrected chi connectivity index (χ2v) is 8.04. The number of hydrogen-bond acceptors (Lipinski definition) is 7. The summed E-state index contributed by atoms with van der Waals surface area (Å²) >= 11 is 0. The average molecular weight is 405 g/mol. The van der Waals surface area contributed by atoms with Gasteiger partial charge in [0.05, 0.1) is 6.33 Å². The monoisotopic (exact) mass is 405 g/mol. The predicted molar refractivity (Wildman–Crippen MR) is 111 cm³/mol. The van der Waals surface area contributed by atoms with Crippen LogP contribution >= 0.6 is 0 Å². The van der Waals surface area contributed by atoms with Crippen LogP contribution in [0.5, 0.6) is 0 Å². The van der Waals surface area contributed by atoms with E-state index in [1.807, 2.05) is 0 Å². The van der Waals surface area contributed by atoms with Crippen LogP contribution in [0.4, 0.5) is 5.69 Å². The molecule has 30 heavy (non-hydrogen) atoms. The zero-order chi connectivity index (χ0) is 20.7. The number of fused-ring (bicyclic) bond motifs is 2. The van der Waals surface area contributed by atoms with E-state index in [1.165, 1.54) is 48.0 Å². The summed E-state index contributed by atoms with van der Waals surface area (Å²) in [5, 5.41) is 3.48. The van der Waals surface area contributed by atoms with Gasteiger partial charge in [0.2, 0.25) is 5.89 Å². The molecule has 0 bridgehead atoms. The van der Waals surface area contributed by atoms with Crippen LogP contribution in [0.3, 0.4) is 0 Å². The minimum Gasteiger partial charge on any atom is -0.371 e. The van der Waals surface area contributed by atoms with Gasteiger partial charge in [0.25, 0.3) is 5.56 Å². The van der Waals surface area contributed by atoms with Crippen molar-refractivity contribution in [3.63, 3.8) is 0 Å². The van der Waals surface area contributed by atoms with Crippen LogP contribution in [-0.4, -0.2) is 42.3 Å². The highest BCUT2D eigenvalue weighted by Gasteiger charge is 2.44. The fourth-order valence-corrected chi connectivity index (χ4v) is 3.96. The SMILES string of the molecule is Cc1ccc(N2CC3CC3C2)cc1.Cn1cnc2ncn(Cc3ncno3)c(=O)c21. The van der Waals surface area contributed by atoms with Crippen molar-refractivity contribution in [2.45, 2.75) is 19.9 Å². The summed E-state index contributed by atoms with van der Waals surface area (Å²) < 4.78 is 7.88. The van der Waals surface area contributed by atoms with Gasteiger partial charge in [0.1, 0.15) is 12.9 Å². The third-order valence-corrected chi connectivity index (χ3v) is 5.79. The Balaban J connectivity index is 0.000000133. The maximum Gasteiger partial charge on any atom is 0.280 e. The van der Waals surface area contributed by atoms with E-state index in [9.17, 15) is 4.79 Å². The van der Waals surface area contributed by atoms with Gasteiger partial charge in [-0.1, -0.05) is 22.9 Å². The van der Waals surface area contributed by atoms with Gasteiger partial charge in [-0.3, -0.25) is 9.36 Å². The van der Waals surface area contributed by atoms with E-state index in [0.29, 0.717) is 17.1 Å². The minimum absolute atomic E-state index is 0.187. The van der Waals surface area contributed by atoms with Crippen molar-refractivity contribution in [1.82, 2.24) is 29.2 Å². The number of hydrogen-bond donors (Lipinski definition) is 0. The lowest BCUT2D eigenvalue weighted by molar-refractivity contribution is 0.368. The second kappa shape index (κ2) is 7.40. The third-order valence-electron chi connectivity index (χ3n) is 5.79. The highest BCUT2D eigenvalue weighted by Crippen LogP contribution is 2.46. The van der Waals surface area contributed by atoms with Crippen LogP contribution < -0.4 is 10.5 Å². The Bertz CT molecular complexity index is 1200. The van der Waals surface area contributed by atoms with Gasteiger partial charge in [-0.05, 0) is 37.3 Å². The smallest absolute Gasteiger partial charge is 0.280 e. The summed E-state index contributed by atoms with van der Waals surface area (Å²) in [5.41, 5.74) is 3.46. The molecular weight excluding hydrogens is 382 g/mol. The number of aromatic nitrogens is 6. The van der Waals surface area contributed by atoms with Crippen molar-refractivity contribution in [2.24, 2.45) is 18.9 Å². The number of piperidine rings is 1. The Morgan fingerprint density at radius 3 is 2.50 bits per heavy atom. The van der Waals surface area contributed by atoms with Gasteiger partial charge < -0.3 is 14.0 Å². The maximum absolute atomic E-state index is 12.1. The molecule has 1 aromatic carbocycles. The van der Waals surface area contributed by atoms with Gasteiger partial charge in [-0.15, -0.1) is 0 Å². The van der Waals surface area contributed by atoms with Crippen LogP contribution in [0.2, 0.25) is 0 Å². The highest BCUT2D eigenvalue weighted by molar-refractivity contribution is 5.68. The molecule has 1 saturated heterocycles. The standard InChI is InChI=1S/C12H15N.C9H8N6O2/c1-9-2-4-12(5-3-9)13-7-10-6-11(10)8-13;1-14-4-11-8-7(14)9(16)15(5-12-8)2-6-10-3-13-17-6/h2-5,10-11H,6-8H2,1H3;3-5H,2H2,1H3. The van der Waals surface area contributed by atoms with Crippen molar-refractivity contribution in [3.8, 4) is 0 Å². The summed E-state index contributed by atoms with van der Waals surface area (Å²) in [7, 11) is 1.75. The Kier molecular flexibility index (Phi) is 4.57. The summed E-state index contributed by atoms with van der Waals surface area (Å²) in [6.07, 6.45) is 5.75. The Labute approximate surface area is 173 Å². The summed E-state index contributed by atoms with van der Waals surface area (Å²) in [6, 6.07) is 8.92. The molecule has 1 saturated carbocycles. The molecule has 9 heteroatoms. The Morgan fingerprint density at radius 1 is 1.07 bits per heavy atom. The van der Waals surface area contributed by atoms with E-state index in [2.05, 4.69) is 56.2 Å². The molecule has 2 aliphatic rings. The molecule has 1 aliphatic heterocycles. The molecule has 2 atom stereocenters. The lowest BCUT2D eigenvalue weighted by atomic mass is 10.2. The van der Waals surface area contributed by atoms with Gasteiger partial charge in [-0.25, -0.2) is 9.97 Å². The second-order valence-electron chi connectivity index (χ2n) is 8.04. The van der Waals surface area contributed by atoms with Crippen molar-refractivity contribution in [3.05, 3.63) is 65.1 Å². The number of imidazole rings is 1. The zero-order valence-corrected chi connectivity index (χ0v) is 17.0. The topological polar surface area (TPSA) is 94.9 Å². The van der Waals surface area contributed by atoms with E-state index in [1.54, 1.807) is 17.9 Å². The fraction of sp³-hybridized carbons (Fsp3) is 0.381. The van der Waals surface area contributed by atoms with Crippen LogP contribution in [0.1, 0.15) is 17.9 Å². The Hall–Kier alpha value is -3.49. The van der Waals surface area contributed by atoms with E-state index >= 15 is 0 Å². The van der Waals surface area contributed by atoms with E-state index in [4.69, 9.17) is 4.52 Å². The van der Waals surface area contributed by atoms with Gasteiger partial charge in [0, 0.05) is 25.8 Å². The van der Waals surface area contributed by atoms with Crippen LogP contribution in [0.25, 0.3) is 11.2 Å². The minimum atomic E-state index is -0.187. The van der Waals surface area contributed by atoms with E-state index in [-0.39, 0.29) is 12.1 Å². The number of benzene rings is 1. The lowest BCUT2D eigenvalue weighted by Gasteiger charge is -2.20. The molecule has 1 aliphatic carbocycles. The molecule has 6 rings (SSSR count). The Morgan fingerprint density at radius 2 is 1.80 bits per heavy atom. The molecule has 4 heterocycles. The molecule has 2 fully saturated rings. The first-order chi connectivity index (χ1) is 14.6. The largest absolute Gasteiger partial charge is 0.371 e. The molecule has 0 radical (unpaired) electrons. The molecule has 9 nitrogen and oxygen atoms in total. The first-order valence-electron chi connectivity index (χ1n) is 10.0. The van der Waals surface area contributed by atoms with Crippen LogP contribution in [-0.2, 0) is 13.6 Å². The summed E-state index contributed by atoms with van der Waals surface area (Å²) in [5.74, 6) is 2.41. The number of rotatable bonds is 3. The molecule has 0 spiro atoms. The lowest BCUT2D eigenvalue weighted by Crippen LogP contribution is -2.22. The molecular formula is C21H23N7O2. The van der Waals surface area contributed by atoms with Crippen molar-refractivity contribution < 1.29 is 4.52 Å². The van der Waals surface area contributed by atoms with Crippen LogP contribution in [0.15, 0.2) is 52.6 Å². The molecule has 0 amide bonds. The number of anilines is 1. The van der Waals surface area contributed by atoms with Crippen molar-refractivity contribution >= 4 is 16.9 Å². The first kappa shape index (κ1) is 18.5. The summed E-state index contributed by atoms with van der Waals surface area (Å²) in [4.78, 5) is 26.6. The molecule has 4 aromatic rings. The fourth-order valence-electron chi connectivity index (χ4n) is 3.96. The molecule has 154 valence electrons. The maximum atomic E-state index is 12.1. The first-order valence-corrected chi connectivity index (χ1v) is 10.0. The van der Waals surface area contributed by atoms with Crippen molar-refractivity contribution in [2.75, 3.05) is 18.0 Å².